The average Bonchev–Trinajstić information content (AvgIpc) is 2.67. The molecule has 0 amide bonds. The van der Waals surface area contributed by atoms with Crippen molar-refractivity contribution >= 4 is 33.1 Å². The fraction of sp³-hybridized carbons (Fsp3) is 0.357. The largest absolute Gasteiger partial charge is 0.496 e. The van der Waals surface area contributed by atoms with Crippen LogP contribution in [0.25, 0.3) is 0 Å². The third-order valence-electron chi connectivity index (χ3n) is 3.07. The molecule has 0 spiro atoms. The minimum Gasteiger partial charge on any atom is -0.496 e. The summed E-state index contributed by atoms with van der Waals surface area (Å²) in [6.45, 7) is 4.15. The molecule has 1 aromatic heterocycles. The van der Waals surface area contributed by atoms with Crippen LogP contribution >= 0.6 is 15.9 Å². The number of methoxy groups -OCH3 is 1. The summed E-state index contributed by atoms with van der Waals surface area (Å²) in [5.41, 5.74) is 8.68. The van der Waals surface area contributed by atoms with Crippen molar-refractivity contribution in [3.8, 4) is 5.75 Å². The van der Waals surface area contributed by atoms with E-state index in [2.05, 4.69) is 40.2 Å². The fourth-order valence-corrected chi connectivity index (χ4v) is 2.56. The van der Waals surface area contributed by atoms with Gasteiger partial charge in [0.05, 0.1) is 23.0 Å². The number of nitrogens with two attached hydrogens (primary N) is 1. The summed E-state index contributed by atoms with van der Waals surface area (Å²) < 4.78 is 7.87. The van der Waals surface area contributed by atoms with Crippen molar-refractivity contribution in [2.75, 3.05) is 18.2 Å². The molecule has 0 unspecified atom stereocenters. The van der Waals surface area contributed by atoms with Gasteiger partial charge in [-0.15, -0.1) is 0 Å². The zero-order valence-electron chi connectivity index (χ0n) is 12.1. The van der Waals surface area contributed by atoms with E-state index < -0.39 is 0 Å². The van der Waals surface area contributed by atoms with Crippen LogP contribution in [0.1, 0.15) is 25.5 Å². The Bertz CT molecular complexity index is 622. The van der Waals surface area contributed by atoms with E-state index in [4.69, 9.17) is 10.5 Å². The molecule has 0 aliphatic carbocycles. The van der Waals surface area contributed by atoms with Crippen molar-refractivity contribution < 1.29 is 4.74 Å². The Hall–Kier alpha value is -1.69. The highest BCUT2D eigenvalue weighted by molar-refractivity contribution is 9.10. The van der Waals surface area contributed by atoms with Gasteiger partial charge in [-0.2, -0.15) is 5.10 Å². The Morgan fingerprint density at radius 2 is 2.10 bits per heavy atom. The lowest BCUT2D eigenvalue weighted by Gasteiger charge is -2.10. The smallest absolute Gasteiger partial charge is 0.152 e. The minimum atomic E-state index is 0.291. The zero-order chi connectivity index (χ0) is 14.9. The van der Waals surface area contributed by atoms with Crippen LogP contribution < -0.4 is 15.8 Å². The number of aryl methyl sites for hydroxylation is 1. The molecule has 2 aromatic rings. The molecule has 3 N–H and O–H groups in total. The Balaban J connectivity index is 2.33. The summed E-state index contributed by atoms with van der Waals surface area (Å²) in [5, 5.41) is 7.75. The van der Waals surface area contributed by atoms with E-state index in [1.54, 1.807) is 11.8 Å². The van der Waals surface area contributed by atoms with Crippen LogP contribution in [0.5, 0.6) is 5.75 Å². The topological polar surface area (TPSA) is 65.1 Å². The predicted octanol–water partition coefficient (Wildman–Crippen LogP) is 3.64. The van der Waals surface area contributed by atoms with E-state index >= 15 is 0 Å². The molecule has 6 heteroatoms. The van der Waals surface area contributed by atoms with Gasteiger partial charge in [0.15, 0.2) is 5.82 Å². The predicted molar refractivity (Wildman–Crippen MR) is 85.7 cm³/mol. The Morgan fingerprint density at radius 3 is 2.60 bits per heavy atom. The molecule has 1 heterocycles. The molecule has 0 aliphatic heterocycles. The molecule has 0 aliphatic rings. The molecule has 0 atom stereocenters. The van der Waals surface area contributed by atoms with Crippen molar-refractivity contribution in [1.29, 1.82) is 0 Å². The number of aromatic nitrogens is 2. The number of ether oxygens (including phenoxy) is 1. The molecule has 5 nitrogen and oxygen atoms in total. The molecule has 0 bridgehead atoms. The van der Waals surface area contributed by atoms with Gasteiger partial charge in [-0.3, -0.25) is 4.68 Å². The molecule has 0 saturated heterocycles. The second-order valence-corrected chi connectivity index (χ2v) is 5.75. The van der Waals surface area contributed by atoms with Gasteiger partial charge in [0, 0.05) is 12.7 Å². The van der Waals surface area contributed by atoms with Gasteiger partial charge in [0.1, 0.15) is 5.75 Å². The monoisotopic (exact) mass is 338 g/mol. The first-order chi connectivity index (χ1) is 9.43. The quantitative estimate of drug-likeness (QED) is 0.893. The summed E-state index contributed by atoms with van der Waals surface area (Å²) >= 11 is 3.47. The molecule has 1 aromatic carbocycles. The van der Waals surface area contributed by atoms with E-state index in [0.29, 0.717) is 11.6 Å². The summed E-state index contributed by atoms with van der Waals surface area (Å²) in [6.07, 6.45) is 0. The highest BCUT2D eigenvalue weighted by atomic mass is 79.9. The standard InChI is InChI=1S/C14H19BrN4O/c1-8(2)13-12(16)14(19(3)18-13)17-9-5-6-11(20-4)10(15)7-9/h5-8,17H,16H2,1-4H3. The lowest BCUT2D eigenvalue weighted by Crippen LogP contribution is -2.01. The van der Waals surface area contributed by atoms with Gasteiger partial charge in [-0.05, 0) is 40.0 Å². The van der Waals surface area contributed by atoms with Crippen LogP contribution in [0.2, 0.25) is 0 Å². The highest BCUT2D eigenvalue weighted by Crippen LogP contribution is 2.33. The number of nitrogens with one attached hydrogen (secondary N) is 1. The first kappa shape index (κ1) is 14.7. The van der Waals surface area contributed by atoms with E-state index in [0.717, 1.165) is 27.4 Å². The van der Waals surface area contributed by atoms with Crippen LogP contribution in [0.15, 0.2) is 22.7 Å². The van der Waals surface area contributed by atoms with Gasteiger partial charge in [0.2, 0.25) is 0 Å². The van der Waals surface area contributed by atoms with Crippen molar-refractivity contribution in [1.82, 2.24) is 9.78 Å². The van der Waals surface area contributed by atoms with Crippen molar-refractivity contribution in [2.45, 2.75) is 19.8 Å². The van der Waals surface area contributed by atoms with Crippen LogP contribution in [0.4, 0.5) is 17.2 Å². The molecule has 0 radical (unpaired) electrons. The lowest BCUT2D eigenvalue weighted by atomic mass is 10.1. The van der Waals surface area contributed by atoms with E-state index in [-0.39, 0.29) is 0 Å². The summed E-state index contributed by atoms with van der Waals surface area (Å²) in [4.78, 5) is 0. The maximum atomic E-state index is 6.16. The van der Waals surface area contributed by atoms with Gasteiger partial charge in [-0.25, -0.2) is 0 Å². The number of rotatable bonds is 4. The van der Waals surface area contributed by atoms with Crippen LogP contribution in [-0.2, 0) is 7.05 Å². The second-order valence-electron chi connectivity index (χ2n) is 4.90. The third-order valence-corrected chi connectivity index (χ3v) is 3.69. The maximum Gasteiger partial charge on any atom is 0.152 e. The molecular formula is C14H19BrN4O. The second kappa shape index (κ2) is 5.75. The number of halogens is 1. The lowest BCUT2D eigenvalue weighted by molar-refractivity contribution is 0.412. The molecular weight excluding hydrogens is 320 g/mol. The molecule has 2 rings (SSSR count). The van der Waals surface area contributed by atoms with Gasteiger partial charge in [0.25, 0.3) is 0 Å². The SMILES string of the molecule is COc1ccc(Nc2c(N)c(C(C)C)nn2C)cc1Br. The Morgan fingerprint density at radius 1 is 1.40 bits per heavy atom. The highest BCUT2D eigenvalue weighted by Gasteiger charge is 2.16. The number of nitrogen functional groups attached to an aromatic ring is 1. The van der Waals surface area contributed by atoms with Crippen LogP contribution in [-0.4, -0.2) is 16.9 Å². The van der Waals surface area contributed by atoms with E-state index in [1.807, 2.05) is 25.2 Å². The fourth-order valence-electron chi connectivity index (χ4n) is 2.02. The van der Waals surface area contributed by atoms with E-state index in [9.17, 15) is 0 Å². The van der Waals surface area contributed by atoms with Gasteiger partial charge in [-0.1, -0.05) is 13.8 Å². The third kappa shape index (κ3) is 2.75. The normalized spacial score (nSPS) is 10.9. The van der Waals surface area contributed by atoms with Gasteiger partial charge < -0.3 is 15.8 Å². The van der Waals surface area contributed by atoms with Crippen molar-refractivity contribution in [2.24, 2.45) is 7.05 Å². The first-order valence-corrected chi connectivity index (χ1v) is 7.16. The summed E-state index contributed by atoms with van der Waals surface area (Å²) in [5.74, 6) is 1.88. The van der Waals surface area contributed by atoms with Gasteiger partial charge >= 0.3 is 0 Å². The molecule has 108 valence electrons. The number of hydrogen-bond donors (Lipinski definition) is 2. The Kier molecular flexibility index (Phi) is 4.23. The van der Waals surface area contributed by atoms with E-state index in [1.165, 1.54) is 0 Å². The summed E-state index contributed by atoms with van der Waals surface area (Å²) in [6, 6.07) is 5.77. The maximum absolute atomic E-state index is 6.16. The Labute approximate surface area is 127 Å². The van der Waals surface area contributed by atoms with Crippen LogP contribution in [0, 0.1) is 0 Å². The molecule has 0 fully saturated rings. The summed E-state index contributed by atoms with van der Waals surface area (Å²) in [7, 11) is 3.52. The first-order valence-electron chi connectivity index (χ1n) is 6.37. The number of nitrogens with zero attached hydrogens (tertiary/aromatic N) is 2. The van der Waals surface area contributed by atoms with Crippen molar-refractivity contribution in [3.63, 3.8) is 0 Å². The van der Waals surface area contributed by atoms with Crippen LogP contribution in [0.3, 0.4) is 0 Å². The number of benzene rings is 1. The number of hydrogen-bond acceptors (Lipinski definition) is 4. The molecule has 20 heavy (non-hydrogen) atoms. The zero-order valence-corrected chi connectivity index (χ0v) is 13.7. The molecule has 0 saturated carbocycles. The average molecular weight is 339 g/mol. The van der Waals surface area contributed by atoms with Crippen molar-refractivity contribution in [3.05, 3.63) is 28.4 Å². The number of anilines is 3. The minimum absolute atomic E-state index is 0.291.